The number of aromatic nitrogens is 1. The topological polar surface area (TPSA) is 54.5 Å². The molecule has 0 saturated carbocycles. The molecule has 22 heavy (non-hydrogen) atoms. The summed E-state index contributed by atoms with van der Waals surface area (Å²) >= 11 is 0. The number of pyridine rings is 1. The summed E-state index contributed by atoms with van der Waals surface area (Å²) in [6, 6.07) is 2.40. The van der Waals surface area contributed by atoms with Crippen molar-refractivity contribution in [3.05, 3.63) is 22.9 Å². The highest BCUT2D eigenvalue weighted by atomic mass is 16.5. The van der Waals surface area contributed by atoms with E-state index in [2.05, 4.69) is 17.2 Å². The molecule has 1 aliphatic heterocycles. The van der Waals surface area contributed by atoms with Gasteiger partial charge in [-0.15, -0.1) is 0 Å². The van der Waals surface area contributed by atoms with Crippen LogP contribution in [0.5, 0.6) is 5.88 Å². The minimum absolute atomic E-state index is 0.0218. The zero-order valence-corrected chi connectivity index (χ0v) is 14.1. The smallest absolute Gasteiger partial charge is 0.317 e. The van der Waals surface area contributed by atoms with Crippen LogP contribution < -0.4 is 10.1 Å². The van der Waals surface area contributed by atoms with Gasteiger partial charge in [0, 0.05) is 23.8 Å². The maximum atomic E-state index is 12.5. The van der Waals surface area contributed by atoms with Gasteiger partial charge in [0.1, 0.15) is 0 Å². The lowest BCUT2D eigenvalue weighted by Crippen LogP contribution is -2.48. The molecule has 0 radical (unpaired) electrons. The third-order valence-electron chi connectivity index (χ3n) is 4.41. The SMILES string of the molecule is CCC1CCCCN1C(=O)NCc1c(C)cc(C)nc1OC. The van der Waals surface area contributed by atoms with Gasteiger partial charge in [-0.2, -0.15) is 0 Å². The van der Waals surface area contributed by atoms with E-state index < -0.39 is 0 Å². The van der Waals surface area contributed by atoms with Crippen LogP contribution in [-0.2, 0) is 6.54 Å². The molecule has 1 aromatic heterocycles. The van der Waals surface area contributed by atoms with Gasteiger partial charge in [-0.1, -0.05) is 6.92 Å². The number of likely N-dealkylation sites (tertiary alicyclic amines) is 1. The molecule has 1 aliphatic rings. The summed E-state index contributed by atoms with van der Waals surface area (Å²) in [5.74, 6) is 0.600. The molecule has 122 valence electrons. The third kappa shape index (κ3) is 3.70. The number of carbonyl (C=O) groups is 1. The number of aryl methyl sites for hydroxylation is 2. The summed E-state index contributed by atoms with van der Waals surface area (Å²) in [7, 11) is 1.62. The summed E-state index contributed by atoms with van der Waals surface area (Å²) in [5.41, 5.74) is 2.97. The summed E-state index contributed by atoms with van der Waals surface area (Å²) in [6.07, 6.45) is 4.44. The highest BCUT2D eigenvalue weighted by Crippen LogP contribution is 2.22. The van der Waals surface area contributed by atoms with Crippen LogP contribution in [-0.4, -0.2) is 35.6 Å². The maximum absolute atomic E-state index is 12.5. The zero-order valence-electron chi connectivity index (χ0n) is 14.1. The van der Waals surface area contributed by atoms with Crippen molar-refractivity contribution in [1.82, 2.24) is 15.2 Å². The lowest BCUT2D eigenvalue weighted by molar-refractivity contribution is 0.148. The molecule has 0 bridgehead atoms. The van der Waals surface area contributed by atoms with Crippen LogP contribution in [0.4, 0.5) is 4.79 Å². The number of hydrogen-bond donors (Lipinski definition) is 1. The van der Waals surface area contributed by atoms with E-state index in [0.29, 0.717) is 18.5 Å². The molecule has 0 aromatic carbocycles. The van der Waals surface area contributed by atoms with Crippen LogP contribution in [0.25, 0.3) is 0 Å². The fraction of sp³-hybridized carbons (Fsp3) is 0.647. The second kappa shape index (κ2) is 7.47. The molecule has 5 heteroatoms. The molecule has 1 N–H and O–H groups in total. The van der Waals surface area contributed by atoms with Gasteiger partial charge in [-0.3, -0.25) is 0 Å². The zero-order chi connectivity index (χ0) is 16.1. The van der Waals surface area contributed by atoms with Gasteiger partial charge in [-0.25, -0.2) is 9.78 Å². The Morgan fingerprint density at radius 2 is 2.23 bits per heavy atom. The number of hydrogen-bond acceptors (Lipinski definition) is 3. The number of ether oxygens (including phenoxy) is 1. The number of nitrogens with one attached hydrogen (secondary N) is 1. The fourth-order valence-corrected chi connectivity index (χ4v) is 3.17. The van der Waals surface area contributed by atoms with Gasteiger partial charge in [0.25, 0.3) is 0 Å². The van der Waals surface area contributed by atoms with Crippen molar-refractivity contribution in [3.8, 4) is 5.88 Å². The number of piperidine rings is 1. The number of urea groups is 1. The van der Waals surface area contributed by atoms with Crippen molar-refractivity contribution in [2.75, 3.05) is 13.7 Å². The minimum atomic E-state index is 0.0218. The van der Waals surface area contributed by atoms with Crippen molar-refractivity contribution < 1.29 is 9.53 Å². The monoisotopic (exact) mass is 305 g/mol. The first-order valence-corrected chi connectivity index (χ1v) is 8.12. The predicted octanol–water partition coefficient (Wildman–Crippen LogP) is 3.18. The molecule has 1 fully saturated rings. The Morgan fingerprint density at radius 1 is 1.45 bits per heavy atom. The van der Waals surface area contributed by atoms with Crippen molar-refractivity contribution in [3.63, 3.8) is 0 Å². The van der Waals surface area contributed by atoms with E-state index in [1.54, 1.807) is 7.11 Å². The quantitative estimate of drug-likeness (QED) is 0.929. The average Bonchev–Trinajstić information content (AvgIpc) is 2.52. The average molecular weight is 305 g/mol. The Morgan fingerprint density at radius 3 is 2.91 bits per heavy atom. The molecular formula is C17H27N3O2. The fourth-order valence-electron chi connectivity index (χ4n) is 3.17. The highest BCUT2D eigenvalue weighted by Gasteiger charge is 2.25. The Bertz CT molecular complexity index is 531. The molecule has 1 unspecified atom stereocenters. The summed E-state index contributed by atoms with van der Waals surface area (Å²) < 4.78 is 5.35. The molecular weight excluding hydrogens is 278 g/mol. The minimum Gasteiger partial charge on any atom is -0.481 e. The molecule has 2 amide bonds. The van der Waals surface area contributed by atoms with Crippen LogP contribution in [0.1, 0.15) is 49.4 Å². The largest absolute Gasteiger partial charge is 0.481 e. The Balaban J connectivity index is 2.05. The number of rotatable bonds is 4. The molecule has 1 aromatic rings. The van der Waals surface area contributed by atoms with E-state index in [1.165, 1.54) is 6.42 Å². The van der Waals surface area contributed by atoms with E-state index in [1.807, 2.05) is 24.8 Å². The molecule has 5 nitrogen and oxygen atoms in total. The van der Waals surface area contributed by atoms with Crippen molar-refractivity contribution in [2.24, 2.45) is 0 Å². The summed E-state index contributed by atoms with van der Waals surface area (Å²) in [5, 5.41) is 3.03. The number of carbonyl (C=O) groups excluding carboxylic acids is 1. The summed E-state index contributed by atoms with van der Waals surface area (Å²) in [4.78, 5) is 18.8. The first-order valence-electron chi connectivity index (χ1n) is 8.12. The number of methoxy groups -OCH3 is 1. The van der Waals surface area contributed by atoms with Gasteiger partial charge in [-0.05, 0) is 51.2 Å². The normalized spacial score (nSPS) is 18.2. The van der Waals surface area contributed by atoms with Crippen LogP contribution in [0.15, 0.2) is 6.07 Å². The Hall–Kier alpha value is -1.78. The van der Waals surface area contributed by atoms with Crippen molar-refractivity contribution in [1.29, 1.82) is 0 Å². The van der Waals surface area contributed by atoms with Crippen LogP contribution >= 0.6 is 0 Å². The van der Waals surface area contributed by atoms with E-state index in [-0.39, 0.29) is 6.03 Å². The lowest BCUT2D eigenvalue weighted by Gasteiger charge is -2.35. The van der Waals surface area contributed by atoms with Crippen LogP contribution in [0.3, 0.4) is 0 Å². The van der Waals surface area contributed by atoms with E-state index in [0.717, 1.165) is 42.6 Å². The second-order valence-electron chi connectivity index (χ2n) is 5.98. The van der Waals surface area contributed by atoms with E-state index in [4.69, 9.17) is 4.74 Å². The van der Waals surface area contributed by atoms with Gasteiger partial charge in [0.05, 0.1) is 13.7 Å². The third-order valence-corrected chi connectivity index (χ3v) is 4.41. The maximum Gasteiger partial charge on any atom is 0.317 e. The highest BCUT2D eigenvalue weighted by molar-refractivity contribution is 5.74. The first-order chi connectivity index (χ1) is 10.6. The van der Waals surface area contributed by atoms with Gasteiger partial charge in [0.2, 0.25) is 5.88 Å². The first kappa shape index (κ1) is 16.6. The summed E-state index contributed by atoms with van der Waals surface area (Å²) in [6.45, 7) is 7.42. The molecule has 2 rings (SSSR count). The van der Waals surface area contributed by atoms with Gasteiger partial charge in [0.15, 0.2) is 0 Å². The molecule has 2 heterocycles. The Kier molecular flexibility index (Phi) is 5.63. The second-order valence-corrected chi connectivity index (χ2v) is 5.98. The van der Waals surface area contributed by atoms with E-state index >= 15 is 0 Å². The van der Waals surface area contributed by atoms with E-state index in [9.17, 15) is 4.79 Å². The Labute approximate surface area is 133 Å². The van der Waals surface area contributed by atoms with Gasteiger partial charge >= 0.3 is 6.03 Å². The van der Waals surface area contributed by atoms with Gasteiger partial charge < -0.3 is 15.0 Å². The van der Waals surface area contributed by atoms with Crippen LogP contribution in [0.2, 0.25) is 0 Å². The van der Waals surface area contributed by atoms with Crippen molar-refractivity contribution in [2.45, 2.75) is 59.0 Å². The molecule has 1 atom stereocenters. The number of amides is 2. The van der Waals surface area contributed by atoms with Crippen molar-refractivity contribution >= 4 is 6.03 Å². The molecule has 0 aliphatic carbocycles. The predicted molar refractivity (Wildman–Crippen MR) is 87.1 cm³/mol. The molecule has 1 saturated heterocycles. The molecule has 0 spiro atoms. The number of nitrogens with zero attached hydrogens (tertiary/aromatic N) is 2. The standard InChI is InChI=1S/C17H27N3O2/c1-5-14-8-6-7-9-20(14)17(21)18-11-15-12(2)10-13(3)19-16(15)22-4/h10,14H,5-9,11H2,1-4H3,(H,18,21). The van der Waals surface area contributed by atoms with Crippen LogP contribution in [0, 0.1) is 13.8 Å². The lowest BCUT2D eigenvalue weighted by atomic mass is 10.0.